The third kappa shape index (κ3) is 3.17. The van der Waals surface area contributed by atoms with Crippen LogP contribution in [0.4, 0.5) is 0 Å². The summed E-state index contributed by atoms with van der Waals surface area (Å²) in [6.07, 6.45) is 0. The quantitative estimate of drug-likeness (QED) is 0.862. The van der Waals surface area contributed by atoms with E-state index in [9.17, 15) is 0 Å². The summed E-state index contributed by atoms with van der Waals surface area (Å²) in [7, 11) is 1.65. The van der Waals surface area contributed by atoms with Crippen LogP contribution in [0.25, 0.3) is 0 Å². The normalized spacial score (nSPS) is 12.4. The van der Waals surface area contributed by atoms with E-state index < -0.39 is 0 Å². The fraction of sp³-hybridized carbons (Fsp3) is 0.375. The van der Waals surface area contributed by atoms with Crippen molar-refractivity contribution in [3.8, 4) is 5.75 Å². The summed E-state index contributed by atoms with van der Waals surface area (Å²) in [4.78, 5) is 2.65. The molecule has 4 heteroatoms. The second-order valence-corrected chi connectivity index (χ2v) is 6.46. The molecule has 0 aliphatic carbocycles. The summed E-state index contributed by atoms with van der Waals surface area (Å²) in [6.45, 7) is 7.30. The van der Waals surface area contributed by atoms with Gasteiger partial charge in [0.2, 0.25) is 0 Å². The molecule has 1 N–H and O–H groups in total. The van der Waals surface area contributed by atoms with Gasteiger partial charge in [0, 0.05) is 14.8 Å². The standard InChI is InChI=1S/C16H20ClNOS/c1-5-18-16(15-8-10(2)11(3)20-15)13-7-6-12(19-4)9-14(13)17/h6-9,16,18H,5H2,1-4H3. The van der Waals surface area contributed by atoms with Gasteiger partial charge in [-0.3, -0.25) is 0 Å². The number of benzene rings is 1. The molecule has 0 aliphatic rings. The number of thiophene rings is 1. The monoisotopic (exact) mass is 309 g/mol. The first kappa shape index (κ1) is 15.4. The molecule has 2 rings (SSSR count). The third-order valence-electron chi connectivity index (χ3n) is 3.40. The van der Waals surface area contributed by atoms with Gasteiger partial charge in [-0.2, -0.15) is 0 Å². The molecule has 20 heavy (non-hydrogen) atoms. The maximum absolute atomic E-state index is 6.42. The van der Waals surface area contributed by atoms with E-state index in [4.69, 9.17) is 16.3 Å². The second-order valence-electron chi connectivity index (χ2n) is 4.77. The van der Waals surface area contributed by atoms with Crippen LogP contribution < -0.4 is 10.1 Å². The Morgan fingerprint density at radius 3 is 2.55 bits per heavy atom. The molecule has 0 saturated heterocycles. The van der Waals surface area contributed by atoms with Gasteiger partial charge in [0.05, 0.1) is 13.2 Å². The van der Waals surface area contributed by atoms with Crippen molar-refractivity contribution < 1.29 is 4.74 Å². The van der Waals surface area contributed by atoms with Gasteiger partial charge in [-0.1, -0.05) is 24.6 Å². The Hall–Kier alpha value is -1.03. The summed E-state index contributed by atoms with van der Waals surface area (Å²) in [5.41, 5.74) is 2.42. The van der Waals surface area contributed by atoms with Gasteiger partial charge < -0.3 is 10.1 Å². The lowest BCUT2D eigenvalue weighted by molar-refractivity contribution is 0.414. The van der Waals surface area contributed by atoms with Gasteiger partial charge in [-0.05, 0) is 49.7 Å². The molecule has 0 radical (unpaired) electrons. The molecule has 0 saturated carbocycles. The Labute approximate surface area is 129 Å². The largest absolute Gasteiger partial charge is 0.497 e. The number of methoxy groups -OCH3 is 1. The van der Waals surface area contributed by atoms with E-state index >= 15 is 0 Å². The molecule has 1 unspecified atom stereocenters. The lowest BCUT2D eigenvalue weighted by Gasteiger charge is -2.19. The third-order valence-corrected chi connectivity index (χ3v) is 4.94. The van der Waals surface area contributed by atoms with Gasteiger partial charge in [0.25, 0.3) is 0 Å². The molecule has 108 valence electrons. The van der Waals surface area contributed by atoms with Crippen LogP contribution in [0.15, 0.2) is 24.3 Å². The van der Waals surface area contributed by atoms with Crippen LogP contribution in [0.5, 0.6) is 5.75 Å². The SMILES string of the molecule is CCNC(c1cc(C)c(C)s1)c1ccc(OC)cc1Cl. The smallest absolute Gasteiger partial charge is 0.120 e. The van der Waals surface area contributed by atoms with E-state index in [1.165, 1.54) is 15.3 Å². The first-order valence-electron chi connectivity index (χ1n) is 6.70. The molecular weight excluding hydrogens is 290 g/mol. The maximum Gasteiger partial charge on any atom is 0.120 e. The average Bonchev–Trinajstić information content (AvgIpc) is 2.76. The van der Waals surface area contributed by atoms with Crippen LogP contribution in [-0.2, 0) is 0 Å². The van der Waals surface area contributed by atoms with Crippen LogP contribution in [0.2, 0.25) is 5.02 Å². The van der Waals surface area contributed by atoms with Gasteiger partial charge in [0.1, 0.15) is 5.75 Å². The molecule has 1 aromatic carbocycles. The van der Waals surface area contributed by atoms with Crippen molar-refractivity contribution in [1.29, 1.82) is 0 Å². The molecule has 0 aliphatic heterocycles. The van der Waals surface area contributed by atoms with Crippen LogP contribution in [-0.4, -0.2) is 13.7 Å². The Bertz CT molecular complexity index is 575. The van der Waals surface area contributed by atoms with Crippen molar-refractivity contribution in [2.24, 2.45) is 0 Å². The molecule has 0 fully saturated rings. The van der Waals surface area contributed by atoms with Crippen molar-refractivity contribution in [2.45, 2.75) is 26.8 Å². The van der Waals surface area contributed by atoms with Crippen LogP contribution in [0, 0.1) is 13.8 Å². The number of ether oxygens (including phenoxy) is 1. The van der Waals surface area contributed by atoms with Crippen molar-refractivity contribution >= 4 is 22.9 Å². The molecule has 1 aromatic heterocycles. The minimum atomic E-state index is 0.135. The van der Waals surface area contributed by atoms with Crippen molar-refractivity contribution in [1.82, 2.24) is 5.32 Å². The number of aryl methyl sites for hydroxylation is 2. The lowest BCUT2D eigenvalue weighted by atomic mass is 10.0. The molecule has 1 heterocycles. The number of halogens is 1. The summed E-state index contributed by atoms with van der Waals surface area (Å²) < 4.78 is 5.22. The van der Waals surface area contributed by atoms with E-state index in [1.54, 1.807) is 7.11 Å². The highest BCUT2D eigenvalue weighted by molar-refractivity contribution is 7.12. The summed E-state index contributed by atoms with van der Waals surface area (Å²) in [6, 6.07) is 8.25. The highest BCUT2D eigenvalue weighted by Crippen LogP contribution is 2.35. The summed E-state index contributed by atoms with van der Waals surface area (Å²) >= 11 is 8.24. The van der Waals surface area contributed by atoms with Gasteiger partial charge in [0.15, 0.2) is 0 Å². The predicted molar refractivity (Wildman–Crippen MR) is 87.3 cm³/mol. The zero-order chi connectivity index (χ0) is 14.7. The molecule has 2 aromatic rings. The second kappa shape index (κ2) is 6.61. The molecular formula is C16H20ClNOS. The number of hydrogen-bond donors (Lipinski definition) is 1. The zero-order valence-electron chi connectivity index (χ0n) is 12.3. The van der Waals surface area contributed by atoms with E-state index in [2.05, 4.69) is 32.2 Å². The zero-order valence-corrected chi connectivity index (χ0v) is 13.9. The maximum atomic E-state index is 6.42. The van der Waals surface area contributed by atoms with Gasteiger partial charge in [-0.25, -0.2) is 0 Å². The number of rotatable bonds is 5. The molecule has 0 amide bonds. The number of hydrogen-bond acceptors (Lipinski definition) is 3. The van der Waals surface area contributed by atoms with Crippen molar-refractivity contribution in [3.63, 3.8) is 0 Å². The average molecular weight is 310 g/mol. The van der Waals surface area contributed by atoms with E-state index in [0.29, 0.717) is 0 Å². The Balaban J connectivity index is 2.42. The molecule has 1 atom stereocenters. The van der Waals surface area contributed by atoms with Crippen LogP contribution in [0.1, 0.15) is 33.8 Å². The van der Waals surface area contributed by atoms with E-state index in [-0.39, 0.29) is 6.04 Å². The fourth-order valence-corrected chi connectivity index (χ4v) is 3.60. The van der Waals surface area contributed by atoms with Crippen molar-refractivity contribution in [2.75, 3.05) is 13.7 Å². The first-order valence-corrected chi connectivity index (χ1v) is 7.90. The van der Waals surface area contributed by atoms with E-state index in [1.807, 2.05) is 29.5 Å². The van der Waals surface area contributed by atoms with Crippen molar-refractivity contribution in [3.05, 3.63) is 50.2 Å². The van der Waals surface area contributed by atoms with Crippen LogP contribution in [0.3, 0.4) is 0 Å². The molecule has 2 nitrogen and oxygen atoms in total. The highest BCUT2D eigenvalue weighted by atomic mass is 35.5. The molecule has 0 bridgehead atoms. The van der Waals surface area contributed by atoms with Crippen LogP contribution >= 0.6 is 22.9 Å². The first-order chi connectivity index (χ1) is 9.56. The summed E-state index contributed by atoms with van der Waals surface area (Å²) in [5.74, 6) is 0.785. The molecule has 0 spiro atoms. The minimum Gasteiger partial charge on any atom is -0.497 e. The topological polar surface area (TPSA) is 21.3 Å². The predicted octanol–water partition coefficient (Wildman–Crippen LogP) is 4.73. The van der Waals surface area contributed by atoms with E-state index in [0.717, 1.165) is 22.9 Å². The number of nitrogens with one attached hydrogen (secondary N) is 1. The van der Waals surface area contributed by atoms with Gasteiger partial charge in [-0.15, -0.1) is 11.3 Å². The summed E-state index contributed by atoms with van der Waals surface area (Å²) in [5, 5.41) is 4.25. The Morgan fingerprint density at radius 2 is 2.05 bits per heavy atom. The Morgan fingerprint density at radius 1 is 1.30 bits per heavy atom. The Kier molecular flexibility index (Phi) is 5.08. The van der Waals surface area contributed by atoms with Gasteiger partial charge >= 0.3 is 0 Å². The fourth-order valence-electron chi connectivity index (χ4n) is 2.18. The lowest BCUT2D eigenvalue weighted by Crippen LogP contribution is -2.21. The highest BCUT2D eigenvalue weighted by Gasteiger charge is 2.19. The minimum absolute atomic E-state index is 0.135.